The molecule has 0 radical (unpaired) electrons. The lowest BCUT2D eigenvalue weighted by atomic mass is 10.1. The molecule has 3 atom stereocenters. The van der Waals surface area contributed by atoms with E-state index in [9.17, 15) is 0 Å². The number of nitrogens with zero attached hydrogens (tertiary/aromatic N) is 1. The van der Waals surface area contributed by atoms with Crippen LogP contribution in [-0.4, -0.2) is 22.0 Å². The summed E-state index contributed by atoms with van der Waals surface area (Å²) in [5.41, 5.74) is 1.20. The summed E-state index contributed by atoms with van der Waals surface area (Å²) in [6.07, 6.45) is 2.66. The fraction of sp³-hybridized carbons (Fsp3) is 0.769. The van der Waals surface area contributed by atoms with Crippen molar-refractivity contribution in [3.63, 3.8) is 0 Å². The number of thioether (sulfide) groups is 1. The number of hydrogen-bond acceptors (Lipinski definition) is 4. The molecule has 1 aromatic heterocycles. The maximum absolute atomic E-state index is 4.52. The summed E-state index contributed by atoms with van der Waals surface area (Å²) >= 11 is 3.93. The molecule has 1 saturated heterocycles. The van der Waals surface area contributed by atoms with Gasteiger partial charge in [0.25, 0.3) is 0 Å². The van der Waals surface area contributed by atoms with Crippen LogP contribution in [0.2, 0.25) is 0 Å². The molecule has 1 N–H and O–H groups in total. The van der Waals surface area contributed by atoms with E-state index in [4.69, 9.17) is 0 Å². The zero-order chi connectivity index (χ0) is 12.4. The fourth-order valence-electron chi connectivity index (χ4n) is 2.49. The van der Waals surface area contributed by atoms with Crippen molar-refractivity contribution in [1.82, 2.24) is 10.3 Å². The third-order valence-electron chi connectivity index (χ3n) is 3.40. The number of aromatic nitrogens is 1. The summed E-state index contributed by atoms with van der Waals surface area (Å²) in [5.74, 6) is 1.33. The average Bonchev–Trinajstić information content (AvgIpc) is 2.61. The van der Waals surface area contributed by atoms with E-state index in [0.29, 0.717) is 12.1 Å². The minimum atomic E-state index is 0.437. The van der Waals surface area contributed by atoms with E-state index in [1.807, 2.05) is 11.3 Å². The lowest BCUT2D eigenvalue weighted by Crippen LogP contribution is -2.40. The molecular weight excluding hydrogens is 248 g/mol. The summed E-state index contributed by atoms with van der Waals surface area (Å²) in [6.45, 7) is 8.83. The fourth-order valence-corrected chi connectivity index (χ4v) is 4.58. The Bertz CT molecular complexity index is 375. The minimum Gasteiger partial charge on any atom is -0.306 e. The molecule has 0 bridgehead atoms. The van der Waals surface area contributed by atoms with Gasteiger partial charge in [-0.2, -0.15) is 11.8 Å². The second kappa shape index (κ2) is 5.72. The molecule has 3 unspecified atom stereocenters. The molecule has 2 nitrogen and oxygen atoms in total. The van der Waals surface area contributed by atoms with Crippen LogP contribution in [0.15, 0.2) is 0 Å². The Morgan fingerprint density at radius 1 is 1.41 bits per heavy atom. The van der Waals surface area contributed by atoms with E-state index in [2.05, 4.69) is 49.8 Å². The number of aryl methyl sites for hydroxylation is 2. The van der Waals surface area contributed by atoms with Crippen molar-refractivity contribution in [3.05, 3.63) is 15.6 Å². The van der Waals surface area contributed by atoms with Crippen molar-refractivity contribution in [2.45, 2.75) is 57.9 Å². The molecule has 1 fully saturated rings. The standard InChI is InChI=1S/C13H22N2S2/c1-8-13(17-11(4)14-8)9(2)15-12-6-5-7-16-10(12)3/h9-10,12,15H,5-7H2,1-4H3. The first kappa shape index (κ1) is 13.4. The average molecular weight is 270 g/mol. The zero-order valence-electron chi connectivity index (χ0n) is 11.1. The SMILES string of the molecule is Cc1nc(C)c(C(C)NC2CCCSC2C)s1. The minimum absolute atomic E-state index is 0.437. The van der Waals surface area contributed by atoms with Gasteiger partial charge in [0.1, 0.15) is 0 Å². The van der Waals surface area contributed by atoms with E-state index < -0.39 is 0 Å². The predicted molar refractivity (Wildman–Crippen MR) is 78.1 cm³/mol. The number of nitrogens with one attached hydrogen (secondary N) is 1. The van der Waals surface area contributed by atoms with Crippen molar-refractivity contribution in [2.75, 3.05) is 5.75 Å². The molecule has 0 amide bonds. The third kappa shape index (κ3) is 3.24. The Balaban J connectivity index is 2.00. The maximum atomic E-state index is 4.52. The second-order valence-corrected chi connectivity index (χ2v) is 7.62. The molecule has 0 aliphatic carbocycles. The van der Waals surface area contributed by atoms with Crippen LogP contribution in [0.25, 0.3) is 0 Å². The number of thiazole rings is 1. The zero-order valence-corrected chi connectivity index (χ0v) is 12.8. The molecule has 0 spiro atoms. The highest BCUT2D eigenvalue weighted by Gasteiger charge is 2.24. The first-order valence-corrected chi connectivity index (χ1v) is 8.26. The molecule has 2 heterocycles. The second-order valence-electron chi connectivity index (χ2n) is 4.90. The Morgan fingerprint density at radius 2 is 2.18 bits per heavy atom. The quantitative estimate of drug-likeness (QED) is 0.906. The van der Waals surface area contributed by atoms with Gasteiger partial charge in [0, 0.05) is 22.2 Å². The molecular formula is C13H22N2S2. The van der Waals surface area contributed by atoms with Crippen LogP contribution in [0.1, 0.15) is 48.3 Å². The molecule has 0 aromatic carbocycles. The van der Waals surface area contributed by atoms with Gasteiger partial charge < -0.3 is 5.32 Å². The third-order valence-corrected chi connectivity index (χ3v) is 6.04. The maximum Gasteiger partial charge on any atom is 0.0900 e. The van der Waals surface area contributed by atoms with Crippen molar-refractivity contribution in [2.24, 2.45) is 0 Å². The van der Waals surface area contributed by atoms with Crippen LogP contribution < -0.4 is 5.32 Å². The monoisotopic (exact) mass is 270 g/mol. The van der Waals surface area contributed by atoms with Gasteiger partial charge in [-0.3, -0.25) is 0 Å². The lowest BCUT2D eigenvalue weighted by Gasteiger charge is -2.31. The Morgan fingerprint density at radius 3 is 2.76 bits per heavy atom. The van der Waals surface area contributed by atoms with Gasteiger partial charge in [0.15, 0.2) is 0 Å². The first-order valence-electron chi connectivity index (χ1n) is 6.39. The van der Waals surface area contributed by atoms with Gasteiger partial charge in [-0.25, -0.2) is 4.98 Å². The molecule has 1 aliphatic heterocycles. The van der Waals surface area contributed by atoms with Crippen molar-refractivity contribution >= 4 is 23.1 Å². The van der Waals surface area contributed by atoms with Gasteiger partial charge in [0.2, 0.25) is 0 Å². The molecule has 1 aromatic rings. The van der Waals surface area contributed by atoms with Crippen LogP contribution in [0.5, 0.6) is 0 Å². The van der Waals surface area contributed by atoms with Gasteiger partial charge in [-0.15, -0.1) is 11.3 Å². The van der Waals surface area contributed by atoms with Gasteiger partial charge in [0.05, 0.1) is 10.7 Å². The normalized spacial score (nSPS) is 27.1. The van der Waals surface area contributed by atoms with Crippen molar-refractivity contribution < 1.29 is 0 Å². The van der Waals surface area contributed by atoms with Crippen molar-refractivity contribution in [1.29, 1.82) is 0 Å². The Hall–Kier alpha value is -0.0600. The number of hydrogen-bond donors (Lipinski definition) is 1. The summed E-state index contributed by atoms with van der Waals surface area (Å²) < 4.78 is 0. The van der Waals surface area contributed by atoms with E-state index in [-0.39, 0.29) is 0 Å². The highest BCUT2D eigenvalue weighted by Crippen LogP contribution is 2.29. The van der Waals surface area contributed by atoms with Crippen LogP contribution in [0.4, 0.5) is 0 Å². The topological polar surface area (TPSA) is 24.9 Å². The predicted octanol–water partition coefficient (Wildman–Crippen LogP) is 3.69. The molecule has 0 saturated carbocycles. The summed E-state index contributed by atoms with van der Waals surface area (Å²) in [5, 5.41) is 5.70. The Labute approximate surface area is 113 Å². The van der Waals surface area contributed by atoms with E-state index in [1.165, 1.54) is 34.2 Å². The molecule has 2 rings (SSSR count). The smallest absolute Gasteiger partial charge is 0.0900 e. The molecule has 96 valence electrons. The summed E-state index contributed by atoms with van der Waals surface area (Å²) in [7, 11) is 0. The lowest BCUT2D eigenvalue weighted by molar-refractivity contribution is 0.419. The van der Waals surface area contributed by atoms with Crippen LogP contribution in [0.3, 0.4) is 0 Å². The van der Waals surface area contributed by atoms with Crippen LogP contribution in [0, 0.1) is 13.8 Å². The number of rotatable bonds is 3. The molecule has 4 heteroatoms. The van der Waals surface area contributed by atoms with E-state index in [0.717, 1.165) is 5.25 Å². The highest BCUT2D eigenvalue weighted by atomic mass is 32.2. The highest BCUT2D eigenvalue weighted by molar-refractivity contribution is 7.99. The molecule has 1 aliphatic rings. The van der Waals surface area contributed by atoms with Gasteiger partial charge in [-0.1, -0.05) is 6.92 Å². The van der Waals surface area contributed by atoms with E-state index >= 15 is 0 Å². The molecule has 17 heavy (non-hydrogen) atoms. The van der Waals surface area contributed by atoms with Crippen LogP contribution in [-0.2, 0) is 0 Å². The van der Waals surface area contributed by atoms with Gasteiger partial charge >= 0.3 is 0 Å². The van der Waals surface area contributed by atoms with E-state index in [1.54, 1.807) is 0 Å². The first-order chi connectivity index (χ1) is 8.08. The van der Waals surface area contributed by atoms with Crippen molar-refractivity contribution in [3.8, 4) is 0 Å². The summed E-state index contributed by atoms with van der Waals surface area (Å²) in [6, 6.07) is 1.10. The van der Waals surface area contributed by atoms with Crippen LogP contribution >= 0.6 is 23.1 Å². The largest absolute Gasteiger partial charge is 0.306 e. The Kier molecular flexibility index (Phi) is 4.50. The summed E-state index contributed by atoms with van der Waals surface area (Å²) in [4.78, 5) is 5.93. The van der Waals surface area contributed by atoms with Gasteiger partial charge in [-0.05, 0) is 39.4 Å².